The molecule has 7 nitrogen and oxygen atoms in total. The molecular weight excluding hydrogens is 409 g/mol. The van der Waals surface area contributed by atoms with E-state index in [4.69, 9.17) is 4.98 Å². The minimum absolute atomic E-state index is 0.0450. The van der Waals surface area contributed by atoms with Crippen molar-refractivity contribution in [3.63, 3.8) is 0 Å². The number of carbonyl (C=O) groups is 1. The van der Waals surface area contributed by atoms with Crippen LogP contribution in [0.3, 0.4) is 0 Å². The van der Waals surface area contributed by atoms with Gasteiger partial charge in [0.2, 0.25) is 0 Å². The second kappa shape index (κ2) is 8.63. The number of benzene rings is 1. The number of aromatic amines is 1. The number of nitrogens with one attached hydrogen (secondary N) is 1. The number of H-pyrrole nitrogens is 1. The number of likely N-dealkylation sites (tertiary alicyclic amines) is 1. The largest absolute Gasteiger partial charge is 0.332 e. The van der Waals surface area contributed by atoms with Gasteiger partial charge in [-0.15, -0.1) is 0 Å². The molecule has 1 saturated heterocycles. The van der Waals surface area contributed by atoms with Crippen molar-refractivity contribution in [1.82, 2.24) is 24.8 Å². The van der Waals surface area contributed by atoms with Gasteiger partial charge in [0.1, 0.15) is 11.6 Å². The molecule has 1 fully saturated rings. The third-order valence-electron chi connectivity index (χ3n) is 6.30. The molecule has 1 amide bonds. The summed E-state index contributed by atoms with van der Waals surface area (Å²) in [6, 6.07) is 9.99. The smallest absolute Gasteiger partial charge is 0.257 e. The van der Waals surface area contributed by atoms with Crippen molar-refractivity contribution in [3.8, 4) is 0 Å². The van der Waals surface area contributed by atoms with Gasteiger partial charge >= 0.3 is 0 Å². The molecule has 5 rings (SSSR count). The highest BCUT2D eigenvalue weighted by molar-refractivity contribution is 5.94. The van der Waals surface area contributed by atoms with Crippen molar-refractivity contribution in [1.29, 1.82) is 0 Å². The van der Waals surface area contributed by atoms with Gasteiger partial charge in [-0.3, -0.25) is 19.5 Å². The fraction of sp³-hybridized carbons (Fsp3) is 0.333. The van der Waals surface area contributed by atoms with Crippen LogP contribution in [0.4, 0.5) is 4.39 Å². The zero-order valence-corrected chi connectivity index (χ0v) is 17.6. The van der Waals surface area contributed by atoms with Gasteiger partial charge in [-0.1, -0.05) is 12.1 Å². The Morgan fingerprint density at radius 3 is 2.78 bits per heavy atom. The summed E-state index contributed by atoms with van der Waals surface area (Å²) >= 11 is 0. The van der Waals surface area contributed by atoms with E-state index in [9.17, 15) is 14.0 Å². The van der Waals surface area contributed by atoms with E-state index in [1.807, 2.05) is 12.1 Å². The highest BCUT2D eigenvalue weighted by Crippen LogP contribution is 2.27. The number of fused-ring (bicyclic) bond motifs is 1. The van der Waals surface area contributed by atoms with E-state index in [1.54, 1.807) is 29.4 Å². The van der Waals surface area contributed by atoms with Crippen LogP contribution < -0.4 is 5.56 Å². The molecule has 32 heavy (non-hydrogen) atoms. The topological polar surface area (TPSA) is 82.2 Å². The van der Waals surface area contributed by atoms with Crippen molar-refractivity contribution in [3.05, 3.63) is 93.2 Å². The maximum atomic E-state index is 14.1. The van der Waals surface area contributed by atoms with Crippen molar-refractivity contribution >= 4 is 5.91 Å². The van der Waals surface area contributed by atoms with Gasteiger partial charge < -0.3 is 9.88 Å². The summed E-state index contributed by atoms with van der Waals surface area (Å²) in [5.41, 5.74) is 2.36. The van der Waals surface area contributed by atoms with E-state index in [-0.39, 0.29) is 29.5 Å². The van der Waals surface area contributed by atoms with Crippen LogP contribution in [0, 0.1) is 5.82 Å². The molecule has 1 atom stereocenters. The molecule has 0 spiro atoms. The molecule has 8 heteroatoms. The second-order valence-electron chi connectivity index (χ2n) is 8.41. The van der Waals surface area contributed by atoms with E-state index in [0.29, 0.717) is 30.0 Å². The summed E-state index contributed by atoms with van der Waals surface area (Å²) in [6.07, 6.45) is 4.90. The number of halogens is 1. The van der Waals surface area contributed by atoms with Crippen LogP contribution in [0.15, 0.2) is 53.6 Å². The highest BCUT2D eigenvalue weighted by atomic mass is 19.1. The third-order valence-corrected chi connectivity index (χ3v) is 6.30. The lowest BCUT2D eigenvalue weighted by Crippen LogP contribution is -2.40. The van der Waals surface area contributed by atoms with Crippen molar-refractivity contribution < 1.29 is 9.18 Å². The minimum Gasteiger partial charge on any atom is -0.332 e. The van der Waals surface area contributed by atoms with Crippen LogP contribution in [0.25, 0.3) is 0 Å². The fourth-order valence-electron chi connectivity index (χ4n) is 4.58. The van der Waals surface area contributed by atoms with Crippen molar-refractivity contribution in [2.24, 2.45) is 0 Å². The first kappa shape index (κ1) is 20.5. The minimum atomic E-state index is -0.539. The van der Waals surface area contributed by atoms with E-state index in [0.717, 1.165) is 26.1 Å². The number of hydrogen-bond donors (Lipinski definition) is 1. The Bertz CT molecular complexity index is 1200. The molecule has 2 aliphatic heterocycles. The molecular formula is C24H24FN5O2. The van der Waals surface area contributed by atoms with E-state index in [2.05, 4.69) is 14.9 Å². The maximum absolute atomic E-state index is 14.1. The molecule has 1 N–H and O–H groups in total. The number of rotatable bonds is 4. The summed E-state index contributed by atoms with van der Waals surface area (Å²) in [5, 5.41) is 0. The Morgan fingerprint density at radius 1 is 1.16 bits per heavy atom. The average Bonchev–Trinajstić information content (AvgIpc) is 3.28. The Labute approximate surface area is 184 Å². The van der Waals surface area contributed by atoms with Crippen LogP contribution in [0.1, 0.15) is 45.3 Å². The Balaban J connectivity index is 1.33. The van der Waals surface area contributed by atoms with Gasteiger partial charge in [0, 0.05) is 43.5 Å². The predicted octanol–water partition coefficient (Wildman–Crippen LogP) is 2.49. The van der Waals surface area contributed by atoms with Crippen LogP contribution in [-0.4, -0.2) is 50.3 Å². The average molecular weight is 433 g/mol. The zero-order chi connectivity index (χ0) is 22.1. The third kappa shape index (κ3) is 4.05. The summed E-state index contributed by atoms with van der Waals surface area (Å²) in [6.45, 7) is 3.15. The molecule has 0 bridgehead atoms. The van der Waals surface area contributed by atoms with E-state index < -0.39 is 5.82 Å². The molecule has 2 aromatic heterocycles. The first-order valence-electron chi connectivity index (χ1n) is 10.9. The summed E-state index contributed by atoms with van der Waals surface area (Å²) < 4.78 is 14.1. The SMILES string of the molecule is O=C(c1ccccc1F)N1CCc2c(nc([C@@H]3CCN(Cc4ccncc4)C3)[nH]c2=O)C1. The molecule has 164 valence electrons. The van der Waals surface area contributed by atoms with Gasteiger partial charge in [0.15, 0.2) is 0 Å². The molecule has 0 radical (unpaired) electrons. The maximum Gasteiger partial charge on any atom is 0.257 e. The fourth-order valence-corrected chi connectivity index (χ4v) is 4.58. The second-order valence-corrected chi connectivity index (χ2v) is 8.41. The lowest BCUT2D eigenvalue weighted by Gasteiger charge is -2.28. The predicted molar refractivity (Wildman–Crippen MR) is 117 cm³/mol. The number of amides is 1. The number of nitrogens with zero attached hydrogens (tertiary/aromatic N) is 4. The van der Waals surface area contributed by atoms with Gasteiger partial charge in [-0.25, -0.2) is 9.37 Å². The van der Waals surface area contributed by atoms with Crippen LogP contribution >= 0.6 is 0 Å². The summed E-state index contributed by atoms with van der Waals surface area (Å²) in [7, 11) is 0. The summed E-state index contributed by atoms with van der Waals surface area (Å²) in [5.74, 6) is -0.108. The first-order valence-corrected chi connectivity index (χ1v) is 10.9. The lowest BCUT2D eigenvalue weighted by molar-refractivity contribution is 0.0726. The molecule has 0 saturated carbocycles. The highest BCUT2D eigenvalue weighted by Gasteiger charge is 2.30. The van der Waals surface area contributed by atoms with Crippen LogP contribution in [-0.2, 0) is 19.5 Å². The van der Waals surface area contributed by atoms with Crippen molar-refractivity contribution in [2.75, 3.05) is 19.6 Å². The normalized spacial score (nSPS) is 18.5. The molecule has 3 aromatic rings. The standard InChI is InChI=1S/C24H24FN5O2/c25-20-4-2-1-3-18(20)24(32)30-12-8-19-21(15-30)27-22(28-23(19)31)17-7-11-29(14-17)13-16-5-9-26-10-6-16/h1-6,9-10,17H,7-8,11-15H2,(H,27,28,31)/t17-/m1/s1. The molecule has 2 aliphatic rings. The Kier molecular flexibility index (Phi) is 5.53. The molecule has 0 aliphatic carbocycles. The summed E-state index contributed by atoms with van der Waals surface area (Å²) in [4.78, 5) is 41.3. The number of hydrogen-bond acceptors (Lipinski definition) is 5. The zero-order valence-electron chi connectivity index (χ0n) is 17.6. The number of pyridine rings is 1. The van der Waals surface area contributed by atoms with Gasteiger partial charge in [-0.05, 0) is 49.2 Å². The van der Waals surface area contributed by atoms with Gasteiger partial charge in [0.25, 0.3) is 11.5 Å². The van der Waals surface area contributed by atoms with Crippen LogP contribution in [0.2, 0.25) is 0 Å². The van der Waals surface area contributed by atoms with Gasteiger partial charge in [0.05, 0.1) is 17.8 Å². The quantitative estimate of drug-likeness (QED) is 0.684. The number of aromatic nitrogens is 3. The van der Waals surface area contributed by atoms with Crippen LogP contribution in [0.5, 0.6) is 0 Å². The molecule has 4 heterocycles. The van der Waals surface area contributed by atoms with Crippen molar-refractivity contribution in [2.45, 2.75) is 31.8 Å². The first-order chi connectivity index (χ1) is 15.6. The van der Waals surface area contributed by atoms with E-state index >= 15 is 0 Å². The lowest BCUT2D eigenvalue weighted by atomic mass is 10.0. The molecule has 1 aromatic carbocycles. The Morgan fingerprint density at radius 2 is 1.97 bits per heavy atom. The monoisotopic (exact) mass is 433 g/mol. The molecule has 0 unspecified atom stereocenters. The number of carbonyl (C=O) groups excluding carboxylic acids is 1. The Hall–Kier alpha value is -3.39. The van der Waals surface area contributed by atoms with E-state index in [1.165, 1.54) is 17.7 Å². The van der Waals surface area contributed by atoms with Gasteiger partial charge in [-0.2, -0.15) is 0 Å².